The molecule has 1 amide bonds. The zero-order chi connectivity index (χ0) is 13.8. The largest absolute Gasteiger partial charge is 0.467 e. The van der Waals surface area contributed by atoms with Crippen molar-refractivity contribution in [2.75, 3.05) is 26.8 Å². The predicted molar refractivity (Wildman–Crippen MR) is 73.1 cm³/mol. The number of methoxy groups -OCH3 is 1. The number of nitrogens with zero attached hydrogens (tertiary/aromatic N) is 1. The van der Waals surface area contributed by atoms with Crippen LogP contribution in [0.3, 0.4) is 0 Å². The third-order valence-corrected chi connectivity index (χ3v) is 3.08. The highest BCUT2D eigenvalue weighted by Crippen LogP contribution is 2.16. The molecular weight excluding hydrogens is 272 g/mol. The van der Waals surface area contributed by atoms with Crippen molar-refractivity contribution in [1.29, 1.82) is 0 Å². The molecule has 2 atom stereocenters. The molecular formula is C12H23ClN2O4. The Morgan fingerprint density at radius 2 is 2.16 bits per heavy atom. The van der Waals surface area contributed by atoms with Crippen molar-refractivity contribution in [3.8, 4) is 0 Å². The summed E-state index contributed by atoms with van der Waals surface area (Å²) >= 11 is 0. The average molecular weight is 295 g/mol. The number of esters is 1. The van der Waals surface area contributed by atoms with Gasteiger partial charge in [0.15, 0.2) is 6.10 Å². The molecule has 1 rings (SSSR count). The Morgan fingerprint density at radius 3 is 2.68 bits per heavy atom. The summed E-state index contributed by atoms with van der Waals surface area (Å²) in [6.07, 6.45) is 0.750. The van der Waals surface area contributed by atoms with Crippen molar-refractivity contribution in [1.82, 2.24) is 4.90 Å². The molecule has 19 heavy (non-hydrogen) atoms. The first-order chi connectivity index (χ1) is 8.42. The Bertz CT molecular complexity index is 323. The Balaban J connectivity index is 0.00000324. The topological polar surface area (TPSA) is 81.9 Å². The molecule has 0 spiro atoms. The summed E-state index contributed by atoms with van der Waals surface area (Å²) in [6.45, 7) is 4.70. The monoisotopic (exact) mass is 294 g/mol. The van der Waals surface area contributed by atoms with Crippen LogP contribution in [0.4, 0.5) is 0 Å². The zero-order valence-electron chi connectivity index (χ0n) is 11.7. The van der Waals surface area contributed by atoms with Gasteiger partial charge in [-0.3, -0.25) is 4.79 Å². The maximum Gasteiger partial charge on any atom is 0.336 e. The molecule has 1 aliphatic heterocycles. The van der Waals surface area contributed by atoms with Gasteiger partial charge in [0.05, 0.1) is 25.8 Å². The van der Waals surface area contributed by atoms with Gasteiger partial charge in [0.25, 0.3) is 0 Å². The minimum atomic E-state index is -0.882. The Labute approximate surface area is 120 Å². The number of hydrogen-bond acceptors (Lipinski definition) is 5. The summed E-state index contributed by atoms with van der Waals surface area (Å²) in [6, 6.07) is 0. The number of carbonyl (C=O) groups is 2. The molecule has 1 saturated heterocycles. The number of nitrogens with two attached hydrogens (primary N) is 1. The SMILES string of the molecule is CCCC(C)(N)C(=O)N1CCOC(C(=O)OC)C1.Cl. The second kappa shape index (κ2) is 7.67. The predicted octanol–water partition coefficient (Wildman–Crippen LogP) is 0.326. The van der Waals surface area contributed by atoms with Crippen LogP contribution in [0.15, 0.2) is 0 Å². The number of morpholine rings is 1. The highest BCUT2D eigenvalue weighted by Gasteiger charge is 2.36. The van der Waals surface area contributed by atoms with Gasteiger partial charge in [-0.2, -0.15) is 0 Å². The second-order valence-electron chi connectivity index (χ2n) is 4.80. The van der Waals surface area contributed by atoms with Crippen molar-refractivity contribution >= 4 is 24.3 Å². The van der Waals surface area contributed by atoms with Gasteiger partial charge >= 0.3 is 5.97 Å². The van der Waals surface area contributed by atoms with Crippen molar-refractivity contribution in [3.63, 3.8) is 0 Å². The van der Waals surface area contributed by atoms with E-state index in [1.54, 1.807) is 11.8 Å². The number of rotatable bonds is 4. The Morgan fingerprint density at radius 1 is 1.53 bits per heavy atom. The fourth-order valence-corrected chi connectivity index (χ4v) is 2.10. The molecule has 1 aliphatic rings. The lowest BCUT2D eigenvalue weighted by atomic mass is 9.95. The van der Waals surface area contributed by atoms with E-state index in [4.69, 9.17) is 10.5 Å². The summed E-state index contributed by atoms with van der Waals surface area (Å²) in [5.74, 6) is -0.594. The normalized spacial score (nSPS) is 22.1. The number of hydrogen-bond donors (Lipinski definition) is 1. The molecule has 112 valence electrons. The van der Waals surface area contributed by atoms with E-state index in [1.165, 1.54) is 7.11 Å². The van der Waals surface area contributed by atoms with Crippen LogP contribution in [-0.2, 0) is 19.1 Å². The second-order valence-corrected chi connectivity index (χ2v) is 4.80. The van der Waals surface area contributed by atoms with Gasteiger partial charge in [-0.05, 0) is 13.3 Å². The molecule has 0 aliphatic carbocycles. The highest BCUT2D eigenvalue weighted by atomic mass is 35.5. The smallest absolute Gasteiger partial charge is 0.336 e. The van der Waals surface area contributed by atoms with E-state index in [0.29, 0.717) is 19.6 Å². The third-order valence-electron chi connectivity index (χ3n) is 3.08. The molecule has 0 aromatic rings. The van der Waals surface area contributed by atoms with Gasteiger partial charge in [0, 0.05) is 6.54 Å². The summed E-state index contributed by atoms with van der Waals surface area (Å²) in [5, 5.41) is 0. The van der Waals surface area contributed by atoms with E-state index in [1.807, 2.05) is 6.92 Å². The number of halogens is 1. The first kappa shape index (κ1) is 18.1. The van der Waals surface area contributed by atoms with Crippen LogP contribution in [0, 0.1) is 0 Å². The van der Waals surface area contributed by atoms with Crippen LogP contribution < -0.4 is 5.73 Å². The van der Waals surface area contributed by atoms with Crippen molar-refractivity contribution in [3.05, 3.63) is 0 Å². The highest BCUT2D eigenvalue weighted by molar-refractivity contribution is 5.86. The van der Waals surface area contributed by atoms with Crippen molar-refractivity contribution in [2.24, 2.45) is 5.73 Å². The molecule has 0 radical (unpaired) electrons. The zero-order valence-corrected chi connectivity index (χ0v) is 12.5. The molecule has 1 fully saturated rings. The van der Waals surface area contributed by atoms with Gasteiger partial charge in [-0.25, -0.2) is 4.79 Å². The minimum Gasteiger partial charge on any atom is -0.467 e. The lowest BCUT2D eigenvalue weighted by Crippen LogP contribution is -2.58. The molecule has 0 aromatic carbocycles. The van der Waals surface area contributed by atoms with Crippen molar-refractivity contribution in [2.45, 2.75) is 38.3 Å². The van der Waals surface area contributed by atoms with E-state index < -0.39 is 17.6 Å². The quantitative estimate of drug-likeness (QED) is 0.756. The van der Waals surface area contributed by atoms with Crippen molar-refractivity contribution < 1.29 is 19.1 Å². The Hall–Kier alpha value is -0.850. The fourth-order valence-electron chi connectivity index (χ4n) is 2.10. The molecule has 2 N–H and O–H groups in total. The van der Waals surface area contributed by atoms with Gasteiger partial charge < -0.3 is 20.1 Å². The summed E-state index contributed by atoms with van der Waals surface area (Å²) in [4.78, 5) is 25.2. The molecule has 7 heteroatoms. The van der Waals surface area contributed by atoms with Crippen LogP contribution in [0.2, 0.25) is 0 Å². The standard InChI is InChI=1S/C12H22N2O4.ClH/c1-4-5-12(2,13)11(16)14-6-7-18-9(8-14)10(15)17-3;/h9H,4-8,13H2,1-3H3;1H. The molecule has 0 bridgehead atoms. The first-order valence-electron chi connectivity index (χ1n) is 6.20. The number of ether oxygens (including phenoxy) is 2. The maximum absolute atomic E-state index is 12.3. The van der Waals surface area contributed by atoms with Crippen LogP contribution in [-0.4, -0.2) is 55.2 Å². The lowest BCUT2D eigenvalue weighted by molar-refractivity contribution is -0.163. The van der Waals surface area contributed by atoms with Gasteiger partial charge in [-0.1, -0.05) is 13.3 Å². The summed E-state index contributed by atoms with van der Waals surface area (Å²) in [7, 11) is 1.30. The average Bonchev–Trinajstić information content (AvgIpc) is 2.37. The molecule has 6 nitrogen and oxygen atoms in total. The maximum atomic E-state index is 12.3. The number of carbonyl (C=O) groups excluding carboxylic acids is 2. The molecule has 0 saturated carbocycles. The fraction of sp³-hybridized carbons (Fsp3) is 0.833. The summed E-state index contributed by atoms with van der Waals surface area (Å²) in [5.41, 5.74) is 5.13. The number of amides is 1. The van der Waals surface area contributed by atoms with E-state index in [-0.39, 0.29) is 24.9 Å². The Kier molecular flexibility index (Phi) is 7.33. The van der Waals surface area contributed by atoms with Gasteiger partial charge in [0.2, 0.25) is 5.91 Å². The van der Waals surface area contributed by atoms with Crippen LogP contribution in [0.5, 0.6) is 0 Å². The van der Waals surface area contributed by atoms with Gasteiger partial charge in [-0.15, -0.1) is 12.4 Å². The van der Waals surface area contributed by atoms with Crippen LogP contribution >= 0.6 is 12.4 Å². The third kappa shape index (κ3) is 4.63. The molecule has 2 unspecified atom stereocenters. The van der Waals surface area contributed by atoms with E-state index in [2.05, 4.69) is 4.74 Å². The molecule has 1 heterocycles. The van der Waals surface area contributed by atoms with Crippen LogP contribution in [0.1, 0.15) is 26.7 Å². The minimum absolute atomic E-state index is 0. The van der Waals surface area contributed by atoms with E-state index in [9.17, 15) is 9.59 Å². The first-order valence-corrected chi connectivity index (χ1v) is 6.20. The summed E-state index contributed by atoms with van der Waals surface area (Å²) < 4.78 is 9.89. The lowest BCUT2D eigenvalue weighted by Gasteiger charge is -2.36. The van der Waals surface area contributed by atoms with E-state index >= 15 is 0 Å². The molecule has 0 aromatic heterocycles. The van der Waals surface area contributed by atoms with Gasteiger partial charge in [0.1, 0.15) is 0 Å². The van der Waals surface area contributed by atoms with Crippen LogP contribution in [0.25, 0.3) is 0 Å². The van der Waals surface area contributed by atoms with E-state index in [0.717, 1.165) is 6.42 Å².